The lowest BCUT2D eigenvalue weighted by molar-refractivity contribution is -0.133. The van der Waals surface area contributed by atoms with Crippen LogP contribution in [0.4, 0.5) is 0 Å². The van der Waals surface area contributed by atoms with Gasteiger partial charge in [-0.3, -0.25) is 9.48 Å². The Morgan fingerprint density at radius 1 is 1.53 bits per heavy atom. The molecule has 0 bridgehead atoms. The Bertz CT molecular complexity index is 597. The first-order valence-corrected chi connectivity index (χ1v) is 6.80. The Kier molecular flexibility index (Phi) is 4.16. The Labute approximate surface area is 114 Å². The predicted molar refractivity (Wildman–Crippen MR) is 72.0 cm³/mol. The highest BCUT2D eigenvalue weighted by Gasteiger charge is 2.10. The fourth-order valence-corrected chi connectivity index (χ4v) is 2.17. The van der Waals surface area contributed by atoms with Crippen molar-refractivity contribution >= 4 is 17.7 Å². The second kappa shape index (κ2) is 5.83. The van der Waals surface area contributed by atoms with E-state index in [-0.39, 0.29) is 5.75 Å². The molecule has 0 aliphatic carbocycles. The van der Waals surface area contributed by atoms with E-state index in [0.717, 1.165) is 35.3 Å². The summed E-state index contributed by atoms with van der Waals surface area (Å²) in [6, 6.07) is 1.80. The number of aryl methyl sites for hydroxylation is 2. The number of carboxylic acids is 1. The number of carbonyl (C=O) groups is 1. The minimum absolute atomic E-state index is 0.0450. The fraction of sp³-hybridized carbons (Fsp3) is 0.333. The lowest BCUT2D eigenvalue weighted by Crippen LogP contribution is -1.99. The second-order valence-corrected chi connectivity index (χ2v) is 4.83. The third-order valence-corrected chi connectivity index (χ3v) is 3.35. The van der Waals surface area contributed by atoms with Gasteiger partial charge in [-0.15, -0.1) is 0 Å². The molecule has 0 atom stereocenters. The van der Waals surface area contributed by atoms with Crippen LogP contribution >= 0.6 is 11.8 Å². The molecular formula is C12H14N4O2S. The maximum atomic E-state index is 10.5. The number of hydrogen-bond donors (Lipinski definition) is 1. The van der Waals surface area contributed by atoms with E-state index in [1.54, 1.807) is 12.3 Å². The summed E-state index contributed by atoms with van der Waals surface area (Å²) in [6.07, 6.45) is 3.57. The summed E-state index contributed by atoms with van der Waals surface area (Å²) in [5.41, 5.74) is 2.61. The number of aliphatic carboxylic acids is 1. The Morgan fingerprint density at radius 2 is 2.32 bits per heavy atom. The average molecular weight is 278 g/mol. The number of aromatic nitrogens is 4. The number of hydrogen-bond acceptors (Lipinski definition) is 5. The third kappa shape index (κ3) is 3.31. The average Bonchev–Trinajstić information content (AvgIpc) is 2.78. The minimum atomic E-state index is -0.881. The van der Waals surface area contributed by atoms with E-state index in [1.807, 2.05) is 24.7 Å². The Hall–Kier alpha value is -1.89. The first-order chi connectivity index (χ1) is 9.10. The molecule has 2 aromatic heterocycles. The van der Waals surface area contributed by atoms with Crippen molar-refractivity contribution in [2.45, 2.75) is 25.5 Å². The van der Waals surface area contributed by atoms with Crippen LogP contribution in [-0.2, 0) is 11.3 Å². The van der Waals surface area contributed by atoms with Crippen molar-refractivity contribution in [1.82, 2.24) is 19.7 Å². The molecule has 0 saturated carbocycles. The normalized spacial score (nSPS) is 10.6. The lowest BCUT2D eigenvalue weighted by Gasteiger charge is -2.01. The molecule has 0 fully saturated rings. The molecule has 0 aliphatic heterocycles. The molecule has 0 aliphatic rings. The maximum absolute atomic E-state index is 10.5. The summed E-state index contributed by atoms with van der Waals surface area (Å²) in [4.78, 5) is 18.9. The van der Waals surface area contributed by atoms with Gasteiger partial charge >= 0.3 is 5.97 Å². The molecule has 0 amide bonds. The molecule has 2 heterocycles. The highest BCUT2D eigenvalue weighted by Crippen LogP contribution is 2.22. The monoisotopic (exact) mass is 278 g/mol. The highest BCUT2D eigenvalue weighted by atomic mass is 32.2. The molecule has 100 valence electrons. The molecule has 7 heteroatoms. The fourth-order valence-electron chi connectivity index (χ4n) is 1.62. The maximum Gasteiger partial charge on any atom is 0.313 e. The van der Waals surface area contributed by atoms with E-state index in [1.165, 1.54) is 0 Å². The molecule has 0 radical (unpaired) electrons. The highest BCUT2D eigenvalue weighted by molar-refractivity contribution is 7.99. The van der Waals surface area contributed by atoms with Crippen LogP contribution in [0.1, 0.15) is 12.6 Å². The summed E-state index contributed by atoms with van der Waals surface area (Å²) in [5, 5.41) is 13.5. The first-order valence-electron chi connectivity index (χ1n) is 5.82. The molecule has 1 N–H and O–H groups in total. The van der Waals surface area contributed by atoms with Crippen LogP contribution in [0.3, 0.4) is 0 Å². The summed E-state index contributed by atoms with van der Waals surface area (Å²) >= 11 is 1.11. The van der Waals surface area contributed by atoms with Gasteiger partial charge in [0.25, 0.3) is 0 Å². The van der Waals surface area contributed by atoms with E-state index in [0.29, 0.717) is 5.16 Å². The van der Waals surface area contributed by atoms with Gasteiger partial charge in [-0.25, -0.2) is 9.97 Å². The molecule has 19 heavy (non-hydrogen) atoms. The molecular weight excluding hydrogens is 264 g/mol. The van der Waals surface area contributed by atoms with Gasteiger partial charge in [-0.1, -0.05) is 11.8 Å². The summed E-state index contributed by atoms with van der Waals surface area (Å²) in [7, 11) is 0. The van der Waals surface area contributed by atoms with Gasteiger partial charge in [0.05, 0.1) is 17.1 Å². The largest absolute Gasteiger partial charge is 0.481 e. The smallest absolute Gasteiger partial charge is 0.313 e. The number of rotatable bonds is 5. The summed E-state index contributed by atoms with van der Waals surface area (Å²) in [6.45, 7) is 4.74. The van der Waals surface area contributed by atoms with Crippen molar-refractivity contribution in [3.8, 4) is 11.3 Å². The van der Waals surface area contributed by atoms with Crippen LogP contribution in [0.2, 0.25) is 0 Å². The van der Waals surface area contributed by atoms with E-state index in [9.17, 15) is 4.79 Å². The zero-order valence-corrected chi connectivity index (χ0v) is 11.5. The first kappa shape index (κ1) is 13.5. The van der Waals surface area contributed by atoms with E-state index in [2.05, 4.69) is 15.1 Å². The molecule has 2 rings (SSSR count). The SMILES string of the molecule is CCn1cc(-c2ccnc(SCC(=O)O)n2)c(C)n1. The molecule has 2 aromatic rings. The number of thioether (sulfide) groups is 1. The lowest BCUT2D eigenvalue weighted by atomic mass is 10.2. The number of nitrogens with zero attached hydrogens (tertiary/aromatic N) is 4. The van der Waals surface area contributed by atoms with E-state index >= 15 is 0 Å². The molecule has 0 unspecified atom stereocenters. The van der Waals surface area contributed by atoms with E-state index < -0.39 is 5.97 Å². The Morgan fingerprint density at radius 3 is 2.95 bits per heavy atom. The van der Waals surface area contributed by atoms with Crippen LogP contribution in [-0.4, -0.2) is 36.6 Å². The molecule has 0 aromatic carbocycles. The van der Waals surface area contributed by atoms with Crippen molar-refractivity contribution in [2.24, 2.45) is 0 Å². The van der Waals surface area contributed by atoms with Crippen molar-refractivity contribution < 1.29 is 9.90 Å². The van der Waals surface area contributed by atoms with Crippen LogP contribution in [0, 0.1) is 6.92 Å². The van der Waals surface area contributed by atoms with Crippen LogP contribution in [0.15, 0.2) is 23.6 Å². The zero-order chi connectivity index (χ0) is 13.8. The topological polar surface area (TPSA) is 80.9 Å². The van der Waals surface area contributed by atoms with Crippen molar-refractivity contribution in [3.05, 3.63) is 24.2 Å². The predicted octanol–water partition coefficient (Wildman–Crippen LogP) is 1.85. The molecule has 0 spiro atoms. The van der Waals surface area contributed by atoms with Crippen LogP contribution < -0.4 is 0 Å². The van der Waals surface area contributed by atoms with Gasteiger partial charge in [0, 0.05) is 24.5 Å². The second-order valence-electron chi connectivity index (χ2n) is 3.89. The van der Waals surface area contributed by atoms with Crippen molar-refractivity contribution in [3.63, 3.8) is 0 Å². The molecule has 0 saturated heterocycles. The minimum Gasteiger partial charge on any atom is -0.481 e. The Balaban J connectivity index is 2.26. The number of carboxylic acid groups (broad SMARTS) is 1. The summed E-state index contributed by atoms with van der Waals surface area (Å²) < 4.78 is 1.84. The standard InChI is InChI=1S/C12H14N4O2S/c1-3-16-6-9(8(2)15-16)10-4-5-13-12(14-10)19-7-11(17)18/h4-6H,3,7H2,1-2H3,(H,17,18). The van der Waals surface area contributed by atoms with Crippen LogP contribution in [0.25, 0.3) is 11.3 Å². The van der Waals surface area contributed by atoms with Gasteiger partial charge < -0.3 is 5.11 Å². The van der Waals surface area contributed by atoms with Crippen molar-refractivity contribution in [2.75, 3.05) is 5.75 Å². The molecule has 6 nitrogen and oxygen atoms in total. The van der Waals surface area contributed by atoms with Gasteiger partial charge in [-0.2, -0.15) is 5.10 Å². The van der Waals surface area contributed by atoms with Gasteiger partial charge in [0.15, 0.2) is 5.16 Å². The van der Waals surface area contributed by atoms with Crippen LogP contribution in [0.5, 0.6) is 0 Å². The van der Waals surface area contributed by atoms with Crippen molar-refractivity contribution in [1.29, 1.82) is 0 Å². The quantitative estimate of drug-likeness (QED) is 0.664. The van der Waals surface area contributed by atoms with Gasteiger partial charge in [0.2, 0.25) is 0 Å². The zero-order valence-electron chi connectivity index (χ0n) is 10.7. The van der Waals surface area contributed by atoms with Gasteiger partial charge in [-0.05, 0) is 19.9 Å². The summed E-state index contributed by atoms with van der Waals surface area (Å²) in [5.74, 6) is -0.926. The third-order valence-electron chi connectivity index (χ3n) is 2.50. The van der Waals surface area contributed by atoms with Gasteiger partial charge in [0.1, 0.15) is 0 Å². The van der Waals surface area contributed by atoms with E-state index in [4.69, 9.17) is 5.11 Å².